The zero-order valence-corrected chi connectivity index (χ0v) is 13.8. The number of carbonyl (C=O) groups is 1. The highest BCUT2D eigenvalue weighted by Crippen LogP contribution is 2.36. The van der Waals surface area contributed by atoms with Gasteiger partial charge in [-0.1, -0.05) is 35.6 Å². The number of aromatic hydroxyl groups is 1. The van der Waals surface area contributed by atoms with E-state index < -0.39 is 10.7 Å². The molecule has 3 aromatic rings. The third kappa shape index (κ3) is 2.61. The summed E-state index contributed by atoms with van der Waals surface area (Å²) in [6.45, 7) is 0. The van der Waals surface area contributed by atoms with E-state index in [-0.39, 0.29) is 11.3 Å². The molecule has 6 heteroatoms. The van der Waals surface area contributed by atoms with E-state index >= 15 is 0 Å². The van der Waals surface area contributed by atoms with E-state index in [0.717, 1.165) is 22.5 Å². The standard InChI is InChI=1S/C18H14O5S/c1-22-13-6-4-3-5-11(13)10-7-8-14-12(9-10)16(19)15(17(20)23-2)18(21)24-14/h3-9,19H,1-2H3. The van der Waals surface area contributed by atoms with Crippen LogP contribution in [-0.2, 0) is 4.74 Å². The first kappa shape index (κ1) is 16.0. The average molecular weight is 342 g/mol. The van der Waals surface area contributed by atoms with Crippen LogP contribution in [0.5, 0.6) is 11.5 Å². The van der Waals surface area contributed by atoms with Gasteiger partial charge in [0.15, 0.2) is 5.56 Å². The number of methoxy groups -OCH3 is 2. The molecule has 0 fully saturated rings. The molecule has 0 saturated carbocycles. The fourth-order valence-electron chi connectivity index (χ4n) is 2.52. The minimum Gasteiger partial charge on any atom is -0.506 e. The third-order valence-corrected chi connectivity index (χ3v) is 4.65. The van der Waals surface area contributed by atoms with Gasteiger partial charge in [0, 0.05) is 15.6 Å². The molecule has 3 rings (SSSR count). The second kappa shape index (κ2) is 6.33. The lowest BCUT2D eigenvalue weighted by Crippen LogP contribution is -2.13. The highest BCUT2D eigenvalue weighted by molar-refractivity contribution is 7.16. The zero-order chi connectivity index (χ0) is 17.3. The Morgan fingerprint density at radius 2 is 1.88 bits per heavy atom. The monoisotopic (exact) mass is 342 g/mol. The molecule has 0 aliphatic rings. The Kier molecular flexibility index (Phi) is 4.22. The summed E-state index contributed by atoms with van der Waals surface area (Å²) >= 11 is 0.892. The molecule has 5 nitrogen and oxygen atoms in total. The van der Waals surface area contributed by atoms with Crippen LogP contribution in [0.3, 0.4) is 0 Å². The molecule has 0 radical (unpaired) electrons. The van der Waals surface area contributed by atoms with Crippen LogP contribution in [0.4, 0.5) is 0 Å². The van der Waals surface area contributed by atoms with Crippen molar-refractivity contribution in [2.75, 3.05) is 14.2 Å². The van der Waals surface area contributed by atoms with Crippen molar-refractivity contribution in [3.63, 3.8) is 0 Å². The predicted octanol–water partition coefficient (Wildman–Crippen LogP) is 3.43. The van der Waals surface area contributed by atoms with Gasteiger partial charge in [-0.25, -0.2) is 4.79 Å². The van der Waals surface area contributed by atoms with Crippen molar-refractivity contribution in [2.24, 2.45) is 0 Å². The first-order chi connectivity index (χ1) is 11.6. The Morgan fingerprint density at radius 3 is 2.58 bits per heavy atom. The quantitative estimate of drug-likeness (QED) is 0.738. The molecule has 1 heterocycles. The summed E-state index contributed by atoms with van der Waals surface area (Å²) in [5.74, 6) is -0.524. The van der Waals surface area contributed by atoms with E-state index in [1.54, 1.807) is 19.2 Å². The largest absolute Gasteiger partial charge is 0.506 e. The van der Waals surface area contributed by atoms with E-state index in [1.165, 1.54) is 7.11 Å². The molecule has 0 amide bonds. The first-order valence-electron chi connectivity index (χ1n) is 7.08. The summed E-state index contributed by atoms with van der Waals surface area (Å²) in [6.07, 6.45) is 0. The summed E-state index contributed by atoms with van der Waals surface area (Å²) in [5, 5.41) is 10.8. The maximum absolute atomic E-state index is 12.0. The minimum atomic E-state index is -0.849. The fraction of sp³-hybridized carbons (Fsp3) is 0.111. The van der Waals surface area contributed by atoms with Gasteiger partial charge in [-0.05, 0) is 23.8 Å². The topological polar surface area (TPSA) is 72.8 Å². The zero-order valence-electron chi connectivity index (χ0n) is 13.0. The van der Waals surface area contributed by atoms with Crippen LogP contribution in [0.15, 0.2) is 47.3 Å². The lowest BCUT2D eigenvalue weighted by Gasteiger charge is -2.10. The highest BCUT2D eigenvalue weighted by atomic mass is 32.1. The van der Waals surface area contributed by atoms with Gasteiger partial charge in [0.1, 0.15) is 11.5 Å². The smallest absolute Gasteiger partial charge is 0.346 e. The lowest BCUT2D eigenvalue weighted by molar-refractivity contribution is 0.0597. The molecule has 0 spiro atoms. The Bertz CT molecular complexity index is 990. The first-order valence-corrected chi connectivity index (χ1v) is 7.90. The van der Waals surface area contributed by atoms with E-state index in [4.69, 9.17) is 4.74 Å². The van der Waals surface area contributed by atoms with Gasteiger partial charge in [0.2, 0.25) is 0 Å². The van der Waals surface area contributed by atoms with E-state index in [2.05, 4.69) is 4.74 Å². The molecule has 0 aliphatic heterocycles. The Labute approximate surface area is 141 Å². The number of para-hydroxylation sites is 1. The fourth-order valence-corrected chi connectivity index (χ4v) is 3.40. The van der Waals surface area contributed by atoms with Crippen LogP contribution in [-0.4, -0.2) is 25.3 Å². The molecule has 0 saturated heterocycles. The van der Waals surface area contributed by atoms with Crippen LogP contribution < -0.4 is 9.48 Å². The number of hydrogen-bond acceptors (Lipinski definition) is 6. The molecular weight excluding hydrogens is 328 g/mol. The predicted molar refractivity (Wildman–Crippen MR) is 93.1 cm³/mol. The van der Waals surface area contributed by atoms with Crippen molar-refractivity contribution in [3.8, 4) is 22.6 Å². The molecule has 1 aromatic heterocycles. The Balaban J connectivity index is 2.28. The summed E-state index contributed by atoms with van der Waals surface area (Å²) in [7, 11) is 2.75. The van der Waals surface area contributed by atoms with Crippen molar-refractivity contribution < 1.29 is 19.4 Å². The van der Waals surface area contributed by atoms with Gasteiger partial charge in [0.25, 0.3) is 4.74 Å². The molecule has 0 bridgehead atoms. The second-order valence-corrected chi connectivity index (χ2v) is 6.03. The molecule has 122 valence electrons. The number of fused-ring (bicyclic) bond motifs is 1. The third-order valence-electron chi connectivity index (χ3n) is 3.69. The van der Waals surface area contributed by atoms with Crippen molar-refractivity contribution in [1.82, 2.24) is 0 Å². The Morgan fingerprint density at radius 1 is 1.12 bits per heavy atom. The van der Waals surface area contributed by atoms with Crippen LogP contribution in [0.25, 0.3) is 21.2 Å². The van der Waals surface area contributed by atoms with E-state index in [9.17, 15) is 14.7 Å². The second-order valence-electron chi connectivity index (χ2n) is 5.02. The SMILES string of the molecule is COC(=O)c1c(O)c2cc(-c3ccccc3OC)ccc2sc1=O. The molecule has 0 atom stereocenters. The lowest BCUT2D eigenvalue weighted by atomic mass is 10.0. The van der Waals surface area contributed by atoms with E-state index in [1.807, 2.05) is 30.3 Å². The van der Waals surface area contributed by atoms with Gasteiger partial charge in [0.05, 0.1) is 14.2 Å². The van der Waals surface area contributed by atoms with Gasteiger partial charge < -0.3 is 14.6 Å². The number of esters is 1. The molecule has 0 unspecified atom stereocenters. The van der Waals surface area contributed by atoms with Gasteiger partial charge in [-0.3, -0.25) is 4.79 Å². The average Bonchev–Trinajstić information content (AvgIpc) is 2.61. The molecule has 24 heavy (non-hydrogen) atoms. The highest BCUT2D eigenvalue weighted by Gasteiger charge is 2.20. The van der Waals surface area contributed by atoms with Crippen molar-refractivity contribution >= 4 is 27.4 Å². The van der Waals surface area contributed by atoms with Crippen LogP contribution >= 0.6 is 11.3 Å². The molecule has 2 aromatic carbocycles. The number of hydrogen-bond donors (Lipinski definition) is 1. The summed E-state index contributed by atoms with van der Waals surface area (Å²) in [5.41, 5.74) is 1.31. The minimum absolute atomic E-state index is 0.341. The number of ether oxygens (including phenoxy) is 2. The number of rotatable bonds is 3. The summed E-state index contributed by atoms with van der Waals surface area (Å²) in [4.78, 5) is 23.8. The van der Waals surface area contributed by atoms with Crippen molar-refractivity contribution in [3.05, 3.63) is 57.6 Å². The van der Waals surface area contributed by atoms with Crippen molar-refractivity contribution in [2.45, 2.75) is 0 Å². The van der Waals surface area contributed by atoms with Gasteiger partial charge in [-0.2, -0.15) is 0 Å². The number of benzene rings is 2. The maximum Gasteiger partial charge on any atom is 0.346 e. The maximum atomic E-state index is 12.0. The van der Waals surface area contributed by atoms with Gasteiger partial charge >= 0.3 is 5.97 Å². The molecular formula is C18H14O5S. The summed E-state index contributed by atoms with van der Waals surface area (Å²) < 4.78 is 10.00. The van der Waals surface area contributed by atoms with Crippen LogP contribution in [0.1, 0.15) is 10.4 Å². The van der Waals surface area contributed by atoms with Crippen LogP contribution in [0, 0.1) is 0 Å². The number of carbonyl (C=O) groups excluding carboxylic acids is 1. The normalized spacial score (nSPS) is 10.6. The molecule has 0 aliphatic carbocycles. The van der Waals surface area contributed by atoms with E-state index in [0.29, 0.717) is 15.8 Å². The summed E-state index contributed by atoms with van der Waals surface area (Å²) in [6, 6.07) is 12.8. The van der Waals surface area contributed by atoms with Crippen LogP contribution in [0.2, 0.25) is 0 Å². The van der Waals surface area contributed by atoms with Gasteiger partial charge in [-0.15, -0.1) is 0 Å². The molecule has 1 N–H and O–H groups in total. The Hall–Kier alpha value is -2.86. The van der Waals surface area contributed by atoms with Crippen molar-refractivity contribution in [1.29, 1.82) is 0 Å².